The number of hydrogen-bond acceptors (Lipinski definition) is 6. The highest BCUT2D eigenvalue weighted by molar-refractivity contribution is 8.02. The number of anilines is 1. The van der Waals surface area contributed by atoms with Gasteiger partial charge in [0.1, 0.15) is 5.82 Å². The molecule has 0 amide bonds. The fourth-order valence-corrected chi connectivity index (χ4v) is 2.73. The number of nitrogens with zero attached hydrogens (tertiary/aromatic N) is 2. The summed E-state index contributed by atoms with van der Waals surface area (Å²) in [7, 11) is 1.32. The van der Waals surface area contributed by atoms with Crippen molar-refractivity contribution in [3.8, 4) is 0 Å². The number of aromatic nitrogens is 2. The summed E-state index contributed by atoms with van der Waals surface area (Å²) in [5.74, 6) is -0.874. The van der Waals surface area contributed by atoms with Crippen LogP contribution in [0.4, 0.5) is 10.1 Å². The minimum atomic E-state index is -0.521. The molecule has 0 atom stereocenters. The first-order valence-corrected chi connectivity index (χ1v) is 8.27. The molecule has 0 saturated carbocycles. The van der Waals surface area contributed by atoms with Gasteiger partial charge in [-0.3, -0.25) is 10.5 Å². The highest BCUT2D eigenvalue weighted by Crippen LogP contribution is 2.32. The van der Waals surface area contributed by atoms with Crippen LogP contribution in [0, 0.1) is 5.82 Å². The molecule has 1 aromatic carbocycles. The van der Waals surface area contributed by atoms with Gasteiger partial charge in [-0.25, -0.2) is 14.2 Å². The molecule has 2 N–H and O–H groups in total. The largest absolute Gasteiger partial charge is 0.464 e. The number of hydrazine groups is 1. The van der Waals surface area contributed by atoms with Crippen molar-refractivity contribution in [3.05, 3.63) is 64.8 Å². The van der Waals surface area contributed by atoms with Crippen LogP contribution in [-0.4, -0.2) is 29.5 Å². The van der Waals surface area contributed by atoms with Crippen LogP contribution in [0.25, 0.3) is 5.57 Å². The molecule has 3 rings (SSSR count). The Hall–Kier alpha value is -2.74. The number of H-pyrrole nitrogens is 1. The van der Waals surface area contributed by atoms with E-state index in [0.29, 0.717) is 17.0 Å². The number of ether oxygens (including phenoxy) is 1. The van der Waals surface area contributed by atoms with E-state index in [4.69, 9.17) is 4.74 Å². The molecule has 0 spiro atoms. The number of aromatic amines is 1. The van der Waals surface area contributed by atoms with Crippen LogP contribution in [-0.2, 0) is 9.53 Å². The first kappa shape index (κ1) is 16.1. The van der Waals surface area contributed by atoms with Crippen LogP contribution >= 0.6 is 11.8 Å². The van der Waals surface area contributed by atoms with E-state index in [2.05, 4.69) is 15.6 Å². The summed E-state index contributed by atoms with van der Waals surface area (Å²) in [5, 5.41) is 9.19. The number of thioether (sulfide) groups is 1. The van der Waals surface area contributed by atoms with Crippen LogP contribution in [0.1, 0.15) is 5.69 Å². The lowest BCUT2D eigenvalue weighted by atomic mass is 10.1. The number of carbonyl (C=O) groups excluding carboxylic acids is 1. The minimum absolute atomic E-state index is 0.283. The summed E-state index contributed by atoms with van der Waals surface area (Å²) >= 11 is 1.48. The summed E-state index contributed by atoms with van der Waals surface area (Å²) in [4.78, 5) is 12.4. The number of allylic oxidation sites excluding steroid dienone is 2. The molecule has 1 aliphatic rings. The molecule has 2 aromatic rings. The van der Waals surface area contributed by atoms with E-state index in [1.165, 1.54) is 31.0 Å². The zero-order valence-electron chi connectivity index (χ0n) is 13.0. The molecule has 24 heavy (non-hydrogen) atoms. The standard InChI is InChI=1S/C16H15FN4O2S/c1-23-16(22)15-12(13-7-8-18-19-13)9-14(24-2)20-21(15)11-5-3-10(17)4-6-11/h3-9,20H,1-2H3,(H,18,19). The van der Waals surface area contributed by atoms with Crippen molar-refractivity contribution in [1.82, 2.24) is 15.6 Å². The minimum Gasteiger partial charge on any atom is -0.464 e. The number of methoxy groups -OCH3 is 1. The highest BCUT2D eigenvalue weighted by atomic mass is 32.2. The number of esters is 1. The second kappa shape index (κ2) is 6.79. The van der Waals surface area contributed by atoms with E-state index in [1.807, 2.05) is 12.3 Å². The van der Waals surface area contributed by atoms with E-state index in [0.717, 1.165) is 5.03 Å². The van der Waals surface area contributed by atoms with Crippen molar-refractivity contribution in [3.63, 3.8) is 0 Å². The lowest BCUT2D eigenvalue weighted by Gasteiger charge is -2.32. The Labute approximate surface area is 142 Å². The van der Waals surface area contributed by atoms with E-state index in [9.17, 15) is 9.18 Å². The maximum atomic E-state index is 13.2. The zero-order chi connectivity index (χ0) is 17.1. The molecule has 1 aromatic heterocycles. The van der Waals surface area contributed by atoms with Crippen LogP contribution in [0.2, 0.25) is 0 Å². The molecule has 124 valence electrons. The lowest BCUT2D eigenvalue weighted by molar-refractivity contribution is -0.136. The fraction of sp³-hybridized carbons (Fsp3) is 0.125. The summed E-state index contributed by atoms with van der Waals surface area (Å²) in [5.41, 5.74) is 5.33. The van der Waals surface area contributed by atoms with E-state index >= 15 is 0 Å². The van der Waals surface area contributed by atoms with Gasteiger partial charge < -0.3 is 4.74 Å². The smallest absolute Gasteiger partial charge is 0.357 e. The first-order valence-electron chi connectivity index (χ1n) is 7.04. The Morgan fingerprint density at radius 2 is 2.04 bits per heavy atom. The Morgan fingerprint density at radius 1 is 1.29 bits per heavy atom. The second-order valence-electron chi connectivity index (χ2n) is 4.86. The van der Waals surface area contributed by atoms with Crippen molar-refractivity contribution in [2.45, 2.75) is 0 Å². The predicted octanol–water partition coefficient (Wildman–Crippen LogP) is 2.66. The molecular weight excluding hydrogens is 331 g/mol. The average Bonchev–Trinajstić information content (AvgIpc) is 3.15. The lowest BCUT2D eigenvalue weighted by Crippen LogP contribution is -2.42. The molecular formula is C16H15FN4O2S. The number of nitrogens with one attached hydrogen (secondary N) is 2. The molecule has 0 aliphatic carbocycles. The van der Waals surface area contributed by atoms with Gasteiger partial charge in [0.2, 0.25) is 0 Å². The van der Waals surface area contributed by atoms with Crippen LogP contribution in [0.5, 0.6) is 0 Å². The molecule has 8 heteroatoms. The van der Waals surface area contributed by atoms with Gasteiger partial charge in [-0.15, -0.1) is 11.8 Å². The van der Waals surface area contributed by atoms with E-state index < -0.39 is 5.97 Å². The number of hydrogen-bond donors (Lipinski definition) is 2. The average molecular weight is 346 g/mol. The van der Waals surface area contributed by atoms with Crippen LogP contribution < -0.4 is 10.4 Å². The molecule has 0 bridgehead atoms. The fourth-order valence-electron chi connectivity index (χ4n) is 2.32. The SMILES string of the molecule is COC(=O)C1=C(c2ccn[nH]2)C=C(SC)NN1c1ccc(F)cc1. The van der Waals surface area contributed by atoms with Gasteiger partial charge in [-0.2, -0.15) is 5.10 Å². The Kier molecular flexibility index (Phi) is 4.57. The third kappa shape index (κ3) is 3.00. The summed E-state index contributed by atoms with van der Waals surface area (Å²) in [6.07, 6.45) is 5.36. The summed E-state index contributed by atoms with van der Waals surface area (Å²) < 4.78 is 18.2. The van der Waals surface area contributed by atoms with Crippen LogP contribution in [0.3, 0.4) is 0 Å². The summed E-state index contributed by atoms with van der Waals surface area (Å²) in [6.45, 7) is 0. The van der Waals surface area contributed by atoms with Crippen molar-refractivity contribution in [2.24, 2.45) is 0 Å². The van der Waals surface area contributed by atoms with Gasteiger partial charge in [0.25, 0.3) is 0 Å². The predicted molar refractivity (Wildman–Crippen MR) is 91.1 cm³/mol. The monoisotopic (exact) mass is 346 g/mol. The van der Waals surface area contributed by atoms with E-state index in [-0.39, 0.29) is 11.5 Å². The molecule has 2 heterocycles. The number of halogens is 1. The summed E-state index contributed by atoms with van der Waals surface area (Å²) in [6, 6.07) is 7.59. The maximum absolute atomic E-state index is 13.2. The molecule has 0 saturated heterocycles. The second-order valence-corrected chi connectivity index (χ2v) is 5.71. The van der Waals surface area contributed by atoms with Gasteiger partial charge in [-0.05, 0) is 42.7 Å². The third-order valence-electron chi connectivity index (χ3n) is 3.45. The maximum Gasteiger partial charge on any atom is 0.357 e. The van der Waals surface area contributed by atoms with E-state index in [1.54, 1.807) is 29.4 Å². The Bertz CT molecular complexity index is 800. The number of carbonyl (C=O) groups is 1. The van der Waals surface area contributed by atoms with Crippen molar-refractivity contribution in [2.75, 3.05) is 18.4 Å². The molecule has 0 fully saturated rings. The van der Waals surface area contributed by atoms with Gasteiger partial charge in [0.15, 0.2) is 5.70 Å². The quantitative estimate of drug-likeness (QED) is 0.830. The van der Waals surface area contributed by atoms with Crippen LogP contribution in [0.15, 0.2) is 53.3 Å². The van der Waals surface area contributed by atoms with Crippen molar-refractivity contribution in [1.29, 1.82) is 0 Å². The number of benzene rings is 1. The Morgan fingerprint density at radius 3 is 2.62 bits per heavy atom. The van der Waals surface area contributed by atoms with Crippen molar-refractivity contribution >= 4 is 29.0 Å². The third-order valence-corrected chi connectivity index (χ3v) is 4.10. The van der Waals surface area contributed by atoms with Gasteiger partial charge >= 0.3 is 5.97 Å². The molecule has 0 radical (unpaired) electrons. The van der Waals surface area contributed by atoms with Gasteiger partial charge in [0, 0.05) is 11.8 Å². The van der Waals surface area contributed by atoms with Gasteiger partial charge in [0.05, 0.1) is 23.5 Å². The molecule has 0 unspecified atom stereocenters. The normalized spacial score (nSPS) is 14.3. The first-order chi connectivity index (χ1) is 11.6. The molecule has 1 aliphatic heterocycles. The number of rotatable bonds is 4. The Balaban J connectivity index is 2.18. The topological polar surface area (TPSA) is 70.2 Å². The zero-order valence-corrected chi connectivity index (χ0v) is 13.9. The molecule has 6 nitrogen and oxygen atoms in total. The van der Waals surface area contributed by atoms with Gasteiger partial charge in [-0.1, -0.05) is 0 Å². The highest BCUT2D eigenvalue weighted by Gasteiger charge is 2.29. The van der Waals surface area contributed by atoms with Crippen molar-refractivity contribution < 1.29 is 13.9 Å².